The number of hydrogen-bond acceptors (Lipinski definition) is 8. The molecule has 3 saturated carbocycles. The van der Waals surface area contributed by atoms with Gasteiger partial charge in [0, 0.05) is 16.7 Å². The van der Waals surface area contributed by atoms with E-state index in [0.717, 1.165) is 18.4 Å². The van der Waals surface area contributed by atoms with E-state index in [1.807, 2.05) is 46.9 Å². The molecule has 0 saturated heterocycles. The second-order valence-corrected chi connectivity index (χ2v) is 18.7. The average molecular weight is 563 g/mol. The van der Waals surface area contributed by atoms with E-state index in [4.69, 9.17) is 13.9 Å². The third kappa shape index (κ3) is 4.67. The molecule has 0 amide bonds. The van der Waals surface area contributed by atoms with E-state index < -0.39 is 49.1 Å². The number of aliphatic hydroxyl groups is 2. The van der Waals surface area contributed by atoms with Crippen LogP contribution < -0.4 is 0 Å². The molecule has 8 atom stereocenters. The monoisotopic (exact) mass is 562 g/mol. The van der Waals surface area contributed by atoms with Gasteiger partial charge in [-0.05, 0) is 81.1 Å². The molecule has 3 fully saturated rings. The van der Waals surface area contributed by atoms with Gasteiger partial charge in [0.25, 0.3) is 0 Å². The maximum Gasteiger partial charge on any atom is 0.509 e. The number of ether oxygens (including phenoxy) is 2. The maximum atomic E-state index is 14.2. The summed E-state index contributed by atoms with van der Waals surface area (Å²) in [5.41, 5.74) is -2.06. The van der Waals surface area contributed by atoms with Crippen LogP contribution in [0.25, 0.3) is 0 Å². The van der Waals surface area contributed by atoms with Gasteiger partial charge in [-0.3, -0.25) is 9.59 Å². The highest BCUT2D eigenvalue weighted by Gasteiger charge is 2.71. The molecule has 0 heterocycles. The Morgan fingerprint density at radius 1 is 1.21 bits per heavy atom. The topological polar surface area (TPSA) is 119 Å². The smallest absolute Gasteiger partial charge is 0.435 e. The van der Waals surface area contributed by atoms with Crippen molar-refractivity contribution in [3.8, 4) is 0 Å². The highest BCUT2D eigenvalue weighted by atomic mass is 28.4. The molecule has 0 aromatic carbocycles. The number of rotatable bonds is 6. The molecule has 9 heteroatoms. The van der Waals surface area contributed by atoms with Crippen LogP contribution in [0.15, 0.2) is 23.8 Å². The molecule has 4 aliphatic carbocycles. The zero-order valence-corrected chi connectivity index (χ0v) is 25.7. The molecule has 4 aliphatic rings. The minimum atomic E-state index is -2.55. The maximum absolute atomic E-state index is 14.2. The fraction of sp³-hybridized carbons (Fsp3) is 0.767. The lowest BCUT2D eigenvalue weighted by Crippen LogP contribution is -2.64. The van der Waals surface area contributed by atoms with Crippen LogP contribution >= 0.6 is 0 Å². The Morgan fingerprint density at radius 3 is 2.49 bits per heavy atom. The van der Waals surface area contributed by atoms with Crippen LogP contribution in [0.3, 0.4) is 0 Å². The Kier molecular flexibility index (Phi) is 7.67. The van der Waals surface area contributed by atoms with Crippen molar-refractivity contribution in [2.75, 3.05) is 6.61 Å². The summed E-state index contributed by atoms with van der Waals surface area (Å²) < 4.78 is 17.2. The number of ketones is 2. The van der Waals surface area contributed by atoms with Crippen LogP contribution in [-0.2, 0) is 23.5 Å². The molecule has 8 nitrogen and oxygen atoms in total. The lowest BCUT2D eigenvalue weighted by molar-refractivity contribution is -0.196. The van der Waals surface area contributed by atoms with Crippen LogP contribution in [0.5, 0.6) is 0 Å². The molecular weight excluding hydrogens is 516 g/mol. The number of carbonyl (C=O) groups excluding carboxylic acids is 3. The predicted molar refractivity (Wildman–Crippen MR) is 148 cm³/mol. The normalized spacial score (nSPS) is 38.7. The summed E-state index contributed by atoms with van der Waals surface area (Å²) in [5, 5.41) is 22.7. The van der Waals surface area contributed by atoms with Gasteiger partial charge in [-0.1, -0.05) is 46.3 Å². The summed E-state index contributed by atoms with van der Waals surface area (Å²) in [7, 11) is -2.55. The zero-order chi connectivity index (χ0) is 29.2. The fourth-order valence-electron chi connectivity index (χ4n) is 7.93. The molecule has 0 aromatic rings. The summed E-state index contributed by atoms with van der Waals surface area (Å²) in [6.07, 6.45) is 4.21. The summed E-state index contributed by atoms with van der Waals surface area (Å²) in [6, 6.07) is 0. The van der Waals surface area contributed by atoms with Gasteiger partial charge in [0.2, 0.25) is 12.1 Å². The SMILES string of the molecule is CCOC(=O)O[C@]1(C(=O)C(O)O[Si](C)(C)C(C)(C)C)CC[C@H]2[C@@H]3CCC4=CC(=O)C=C[C@]4(C)[C@H]3C(O)C[C@@]21C. The molecule has 0 radical (unpaired) electrons. The number of aliphatic hydroxyl groups excluding tert-OH is 2. The van der Waals surface area contributed by atoms with E-state index in [2.05, 4.69) is 6.92 Å². The van der Waals surface area contributed by atoms with Crippen molar-refractivity contribution < 1.29 is 38.5 Å². The Bertz CT molecular complexity index is 1090. The quantitative estimate of drug-likeness (QED) is 0.261. The molecule has 0 aliphatic heterocycles. The third-order valence-corrected chi connectivity index (χ3v) is 15.4. The largest absolute Gasteiger partial charge is 0.509 e. The van der Waals surface area contributed by atoms with Crippen molar-refractivity contribution in [1.29, 1.82) is 0 Å². The van der Waals surface area contributed by atoms with Crippen LogP contribution in [0.2, 0.25) is 18.1 Å². The molecule has 4 rings (SSSR count). The molecule has 0 aromatic heterocycles. The van der Waals surface area contributed by atoms with Gasteiger partial charge in [0.1, 0.15) is 0 Å². The van der Waals surface area contributed by atoms with Gasteiger partial charge < -0.3 is 24.1 Å². The first-order chi connectivity index (χ1) is 17.9. The van der Waals surface area contributed by atoms with Crippen molar-refractivity contribution in [2.45, 2.75) is 110 Å². The summed E-state index contributed by atoms with van der Waals surface area (Å²) >= 11 is 0. The first-order valence-electron chi connectivity index (χ1n) is 14.3. The Labute approximate surface area is 233 Å². The van der Waals surface area contributed by atoms with Crippen molar-refractivity contribution in [1.82, 2.24) is 0 Å². The molecule has 39 heavy (non-hydrogen) atoms. The number of Topliss-reactive ketones (excluding diaryl/α,β-unsaturated/α-hetero) is 1. The molecule has 218 valence electrons. The summed E-state index contributed by atoms with van der Waals surface area (Å²) in [5.74, 6) is -0.852. The second-order valence-electron chi connectivity index (χ2n) is 14.0. The number of carbonyl (C=O) groups is 3. The van der Waals surface area contributed by atoms with Gasteiger partial charge in [-0.25, -0.2) is 4.79 Å². The van der Waals surface area contributed by atoms with Gasteiger partial charge >= 0.3 is 6.16 Å². The predicted octanol–water partition coefficient (Wildman–Crippen LogP) is 5.09. The average Bonchev–Trinajstić information content (AvgIpc) is 3.10. The van der Waals surface area contributed by atoms with Gasteiger partial charge in [0.05, 0.1) is 12.7 Å². The van der Waals surface area contributed by atoms with E-state index in [9.17, 15) is 24.6 Å². The molecule has 0 spiro atoms. The van der Waals surface area contributed by atoms with Crippen molar-refractivity contribution >= 4 is 26.0 Å². The van der Waals surface area contributed by atoms with E-state index in [0.29, 0.717) is 6.42 Å². The summed E-state index contributed by atoms with van der Waals surface area (Å²) in [4.78, 5) is 39.2. The fourth-order valence-corrected chi connectivity index (χ4v) is 8.95. The van der Waals surface area contributed by atoms with Crippen LogP contribution in [0, 0.1) is 28.6 Å². The van der Waals surface area contributed by atoms with Crippen molar-refractivity contribution in [3.63, 3.8) is 0 Å². The highest BCUT2D eigenvalue weighted by Crippen LogP contribution is 2.68. The number of fused-ring (bicyclic) bond motifs is 5. The van der Waals surface area contributed by atoms with E-state index in [1.165, 1.54) is 0 Å². The molecular formula is C30H46O8Si. The Balaban J connectivity index is 1.73. The first kappa shape index (κ1) is 30.2. The Morgan fingerprint density at radius 2 is 1.87 bits per heavy atom. The van der Waals surface area contributed by atoms with E-state index in [1.54, 1.807) is 19.1 Å². The zero-order valence-electron chi connectivity index (χ0n) is 24.7. The molecule has 2 N–H and O–H groups in total. The Hall–Kier alpha value is -1.81. The van der Waals surface area contributed by atoms with Crippen LogP contribution in [0.4, 0.5) is 4.79 Å². The second kappa shape index (κ2) is 9.93. The van der Waals surface area contributed by atoms with Gasteiger partial charge in [-0.15, -0.1) is 0 Å². The van der Waals surface area contributed by atoms with Gasteiger partial charge in [-0.2, -0.15) is 0 Å². The van der Waals surface area contributed by atoms with Crippen LogP contribution in [0.1, 0.15) is 73.6 Å². The first-order valence-corrected chi connectivity index (χ1v) is 17.2. The number of allylic oxidation sites excluding steroid dienone is 4. The minimum Gasteiger partial charge on any atom is -0.435 e. The lowest BCUT2D eigenvalue weighted by Gasteiger charge is -2.59. The van der Waals surface area contributed by atoms with E-state index >= 15 is 0 Å². The van der Waals surface area contributed by atoms with Crippen LogP contribution in [-0.4, -0.2) is 60.9 Å². The lowest BCUT2D eigenvalue weighted by atomic mass is 9.46. The minimum absolute atomic E-state index is 0.0277. The standard InChI is InChI=1S/C30H46O8Si/c1-9-36-26(35)37-30(24(33)25(34)38-39(7,8)27(2,3)4)15-13-21-20-11-10-18-16-19(31)12-14-28(18,5)23(20)22(32)17-29(21,30)6/h12,14,16,20-23,25,32,34H,9-11,13,15,17H2,1-8H3/t20-,21-,22?,23+,25?,28-,29-,30-/m0/s1. The third-order valence-electron chi connectivity index (χ3n) is 11.0. The molecule has 2 unspecified atom stereocenters. The molecule has 0 bridgehead atoms. The van der Waals surface area contributed by atoms with Crippen molar-refractivity contribution in [3.05, 3.63) is 23.8 Å². The highest BCUT2D eigenvalue weighted by molar-refractivity contribution is 6.74. The number of hydrogen-bond donors (Lipinski definition) is 2. The van der Waals surface area contributed by atoms with E-state index in [-0.39, 0.29) is 48.0 Å². The van der Waals surface area contributed by atoms with Gasteiger partial charge in [0.15, 0.2) is 19.7 Å². The van der Waals surface area contributed by atoms with Crippen molar-refractivity contribution in [2.24, 2.45) is 28.6 Å². The summed E-state index contributed by atoms with van der Waals surface area (Å²) in [6.45, 7) is 15.7.